The molecule has 6 heteroatoms. The van der Waals surface area contributed by atoms with Gasteiger partial charge in [0.25, 0.3) is 0 Å². The highest BCUT2D eigenvalue weighted by atomic mass is 32.2. The zero-order chi connectivity index (χ0) is 15.5. The molecule has 1 aromatic carbocycles. The van der Waals surface area contributed by atoms with E-state index in [2.05, 4.69) is 5.32 Å². The van der Waals surface area contributed by atoms with E-state index in [0.29, 0.717) is 22.6 Å². The summed E-state index contributed by atoms with van der Waals surface area (Å²) in [5.41, 5.74) is 0. The second-order valence-electron chi connectivity index (χ2n) is 5.67. The van der Waals surface area contributed by atoms with Crippen molar-refractivity contribution in [2.75, 3.05) is 19.1 Å². The number of benzene rings is 1. The summed E-state index contributed by atoms with van der Waals surface area (Å²) in [6, 6.07) is 6.95. The van der Waals surface area contributed by atoms with E-state index in [1.165, 1.54) is 37.7 Å². The third kappa shape index (κ3) is 4.37. The number of sulfone groups is 1. The molecule has 2 rings (SSSR count). The molecule has 3 unspecified atom stereocenters. The van der Waals surface area contributed by atoms with Gasteiger partial charge in [-0.1, -0.05) is 6.42 Å². The molecule has 0 aromatic heterocycles. The molecule has 1 N–H and O–H groups in total. The molecule has 0 amide bonds. The smallest absolute Gasteiger partial charge is 0.175 e. The molecule has 4 nitrogen and oxygen atoms in total. The number of hydrogen-bond acceptors (Lipinski definition) is 4. The first-order chi connectivity index (χ1) is 9.91. The predicted molar refractivity (Wildman–Crippen MR) is 85.6 cm³/mol. The van der Waals surface area contributed by atoms with Crippen LogP contribution in [0, 0.1) is 5.92 Å². The van der Waals surface area contributed by atoms with E-state index >= 15 is 0 Å². The first kappa shape index (κ1) is 16.6. The third-order valence-electron chi connectivity index (χ3n) is 4.22. The van der Waals surface area contributed by atoms with Crippen LogP contribution >= 0.6 is 0 Å². The fourth-order valence-corrected chi connectivity index (χ4v) is 4.80. The minimum absolute atomic E-state index is 0.272. The Labute approximate surface area is 129 Å². The van der Waals surface area contributed by atoms with E-state index in [1.807, 2.05) is 7.05 Å². The lowest BCUT2D eigenvalue weighted by Gasteiger charge is -2.18. The monoisotopic (exact) mass is 329 g/mol. The Hall–Kier alpha value is -0.720. The molecule has 1 fully saturated rings. The fourth-order valence-electron chi connectivity index (χ4n) is 2.98. The van der Waals surface area contributed by atoms with Crippen molar-refractivity contribution >= 4 is 20.6 Å². The Bertz CT molecular complexity index is 596. The fraction of sp³-hybridized carbons (Fsp3) is 0.600. The van der Waals surface area contributed by atoms with Crippen molar-refractivity contribution in [3.63, 3.8) is 0 Å². The van der Waals surface area contributed by atoms with E-state index < -0.39 is 20.6 Å². The lowest BCUT2D eigenvalue weighted by Crippen LogP contribution is -2.29. The maximum absolute atomic E-state index is 12.3. The molecule has 0 aliphatic heterocycles. The summed E-state index contributed by atoms with van der Waals surface area (Å²) in [7, 11) is -2.25. The van der Waals surface area contributed by atoms with Gasteiger partial charge in [0.15, 0.2) is 9.84 Å². The number of nitrogens with one attached hydrogen (secondary N) is 1. The highest BCUT2D eigenvalue weighted by molar-refractivity contribution is 7.90. The van der Waals surface area contributed by atoms with Crippen LogP contribution in [0.25, 0.3) is 0 Å². The standard InChI is InChI=1S/C15H23NO3S2/c1-16-15-5-3-4-12(15)10-11-20(17)13-6-8-14(9-7-13)21(2,18)19/h6-9,12,15-16H,3-5,10-11H2,1-2H3. The van der Waals surface area contributed by atoms with Crippen molar-refractivity contribution in [1.29, 1.82) is 0 Å². The molecule has 0 saturated heterocycles. The Balaban J connectivity index is 1.94. The molecule has 1 aliphatic rings. The van der Waals surface area contributed by atoms with Crippen LogP contribution in [0.1, 0.15) is 25.7 Å². The van der Waals surface area contributed by atoms with Crippen LogP contribution in [0.15, 0.2) is 34.1 Å². The highest BCUT2D eigenvalue weighted by Crippen LogP contribution is 2.28. The summed E-state index contributed by atoms with van der Waals surface area (Å²) in [4.78, 5) is 0.982. The summed E-state index contributed by atoms with van der Waals surface area (Å²) in [6.07, 6.45) is 5.78. The normalized spacial score (nSPS) is 24.1. The van der Waals surface area contributed by atoms with Crippen molar-refractivity contribution in [3.05, 3.63) is 24.3 Å². The van der Waals surface area contributed by atoms with Gasteiger partial charge in [0.2, 0.25) is 0 Å². The molecular weight excluding hydrogens is 306 g/mol. The van der Waals surface area contributed by atoms with Gasteiger partial charge in [0, 0.05) is 22.9 Å². The van der Waals surface area contributed by atoms with Gasteiger partial charge in [-0.3, -0.25) is 4.21 Å². The maximum atomic E-state index is 12.3. The first-order valence-corrected chi connectivity index (χ1v) is 10.5. The van der Waals surface area contributed by atoms with Crippen molar-refractivity contribution < 1.29 is 12.6 Å². The molecule has 0 spiro atoms. The van der Waals surface area contributed by atoms with Gasteiger partial charge in [0.05, 0.1) is 15.7 Å². The Morgan fingerprint density at radius 3 is 2.48 bits per heavy atom. The van der Waals surface area contributed by atoms with Gasteiger partial charge in [-0.05, 0) is 56.5 Å². The van der Waals surface area contributed by atoms with Crippen LogP contribution in [-0.4, -0.2) is 37.7 Å². The van der Waals surface area contributed by atoms with Gasteiger partial charge in [-0.25, -0.2) is 8.42 Å². The molecule has 3 atom stereocenters. The molecule has 21 heavy (non-hydrogen) atoms. The van der Waals surface area contributed by atoms with Crippen LogP contribution < -0.4 is 5.32 Å². The van der Waals surface area contributed by atoms with E-state index in [4.69, 9.17) is 0 Å². The number of rotatable bonds is 6. The maximum Gasteiger partial charge on any atom is 0.175 e. The second-order valence-corrected chi connectivity index (χ2v) is 9.25. The summed E-state index contributed by atoms with van der Waals surface area (Å²) in [6.45, 7) is 0. The van der Waals surface area contributed by atoms with Crippen LogP contribution in [0.5, 0.6) is 0 Å². The SMILES string of the molecule is CNC1CCCC1CCS(=O)c1ccc(S(C)(=O)=O)cc1. The highest BCUT2D eigenvalue weighted by Gasteiger charge is 2.25. The number of hydrogen-bond donors (Lipinski definition) is 1. The molecule has 0 heterocycles. The second kappa shape index (κ2) is 7.03. The van der Waals surface area contributed by atoms with Gasteiger partial charge < -0.3 is 5.32 Å². The minimum Gasteiger partial charge on any atom is -0.317 e. The minimum atomic E-state index is -3.19. The van der Waals surface area contributed by atoms with Crippen LogP contribution in [0.3, 0.4) is 0 Å². The molecule has 0 radical (unpaired) electrons. The summed E-state index contributed by atoms with van der Waals surface area (Å²) in [5, 5.41) is 3.34. The Morgan fingerprint density at radius 1 is 1.24 bits per heavy atom. The Morgan fingerprint density at radius 2 is 1.90 bits per heavy atom. The molecular formula is C15H23NO3S2. The molecule has 1 aromatic rings. The van der Waals surface area contributed by atoms with Crippen molar-refractivity contribution in [2.24, 2.45) is 5.92 Å². The van der Waals surface area contributed by atoms with Crippen molar-refractivity contribution in [3.8, 4) is 0 Å². The van der Waals surface area contributed by atoms with E-state index in [9.17, 15) is 12.6 Å². The van der Waals surface area contributed by atoms with Gasteiger partial charge in [-0.2, -0.15) is 0 Å². The molecule has 118 valence electrons. The van der Waals surface area contributed by atoms with Crippen molar-refractivity contribution in [1.82, 2.24) is 5.32 Å². The lowest BCUT2D eigenvalue weighted by molar-refractivity contribution is 0.416. The molecule has 0 bridgehead atoms. The zero-order valence-electron chi connectivity index (χ0n) is 12.5. The summed E-state index contributed by atoms with van der Waals surface area (Å²) in [5.74, 6) is 1.25. The lowest BCUT2D eigenvalue weighted by atomic mass is 10.0. The van der Waals surface area contributed by atoms with E-state index in [1.54, 1.807) is 12.1 Å². The van der Waals surface area contributed by atoms with Gasteiger partial charge in [-0.15, -0.1) is 0 Å². The first-order valence-electron chi connectivity index (χ1n) is 7.27. The summed E-state index contributed by atoms with van der Waals surface area (Å²) >= 11 is 0. The predicted octanol–water partition coefficient (Wildman–Crippen LogP) is 1.98. The largest absolute Gasteiger partial charge is 0.317 e. The van der Waals surface area contributed by atoms with Gasteiger partial charge in [0.1, 0.15) is 0 Å². The van der Waals surface area contributed by atoms with Crippen LogP contribution in [0.2, 0.25) is 0 Å². The average Bonchev–Trinajstić information content (AvgIpc) is 2.91. The third-order valence-corrected chi connectivity index (χ3v) is 6.75. The van der Waals surface area contributed by atoms with Gasteiger partial charge >= 0.3 is 0 Å². The van der Waals surface area contributed by atoms with Crippen LogP contribution in [0.4, 0.5) is 0 Å². The van der Waals surface area contributed by atoms with E-state index in [-0.39, 0.29) is 4.90 Å². The van der Waals surface area contributed by atoms with Crippen LogP contribution in [-0.2, 0) is 20.6 Å². The Kier molecular flexibility index (Phi) is 5.57. The zero-order valence-corrected chi connectivity index (χ0v) is 14.2. The quantitative estimate of drug-likeness (QED) is 0.867. The average molecular weight is 329 g/mol. The van der Waals surface area contributed by atoms with E-state index in [0.717, 1.165) is 6.42 Å². The molecule has 1 saturated carbocycles. The molecule has 1 aliphatic carbocycles. The van der Waals surface area contributed by atoms with Crippen molar-refractivity contribution in [2.45, 2.75) is 41.5 Å². The topological polar surface area (TPSA) is 63.2 Å². The summed E-state index contributed by atoms with van der Waals surface area (Å²) < 4.78 is 35.1.